The van der Waals surface area contributed by atoms with E-state index in [2.05, 4.69) is 125 Å². The van der Waals surface area contributed by atoms with Crippen LogP contribution in [-0.4, -0.2) is 0 Å². The molecule has 0 amide bonds. The van der Waals surface area contributed by atoms with Crippen LogP contribution in [0.3, 0.4) is 0 Å². The van der Waals surface area contributed by atoms with Crippen LogP contribution in [0.15, 0.2) is 97.1 Å². The molecule has 0 N–H and O–H groups in total. The highest BCUT2D eigenvalue weighted by Crippen LogP contribution is 2.33. The maximum absolute atomic E-state index is 2.29. The molecule has 0 saturated heterocycles. The Hall–Kier alpha value is -3.12. The Morgan fingerprint density at radius 2 is 0.900 bits per heavy atom. The van der Waals surface area contributed by atoms with Gasteiger partial charge in [-0.15, -0.1) is 0 Å². The van der Waals surface area contributed by atoms with Crippen molar-refractivity contribution in [1.29, 1.82) is 0 Å². The first-order valence-electron chi connectivity index (χ1n) is 10.9. The molecule has 0 saturated carbocycles. The van der Waals surface area contributed by atoms with Crippen LogP contribution in [0.25, 0.3) is 32.3 Å². The summed E-state index contributed by atoms with van der Waals surface area (Å²) in [6.07, 6.45) is 0. The van der Waals surface area contributed by atoms with Gasteiger partial charge in [0.15, 0.2) is 0 Å². The maximum atomic E-state index is 2.29. The minimum Gasteiger partial charge on any atom is -0.0616 e. The quantitative estimate of drug-likeness (QED) is 0.264. The van der Waals surface area contributed by atoms with Crippen LogP contribution in [-0.2, 0) is 0 Å². The Morgan fingerprint density at radius 1 is 0.433 bits per heavy atom. The molecule has 5 aromatic carbocycles. The highest BCUT2D eigenvalue weighted by Gasteiger charge is 2.09. The summed E-state index contributed by atoms with van der Waals surface area (Å²) in [4.78, 5) is 0. The van der Waals surface area contributed by atoms with Gasteiger partial charge in [0.2, 0.25) is 0 Å². The lowest BCUT2D eigenvalue weighted by atomic mass is 9.90. The maximum Gasteiger partial charge on any atom is -0.0143 e. The molecule has 5 rings (SSSR count). The van der Waals surface area contributed by atoms with E-state index in [9.17, 15) is 0 Å². The zero-order chi connectivity index (χ0) is 21.1. The molecule has 150 valence electrons. The Balaban J connectivity index is 0.000000151. The average Bonchev–Trinajstić information content (AvgIpc) is 2.77. The van der Waals surface area contributed by atoms with E-state index < -0.39 is 0 Å². The molecule has 0 spiro atoms. The summed E-state index contributed by atoms with van der Waals surface area (Å²) in [5.41, 5.74) is 2.91. The molecule has 0 atom stereocenters. The smallest absolute Gasteiger partial charge is 0.0143 e. The summed E-state index contributed by atoms with van der Waals surface area (Å²) in [6.45, 7) is 9.02. The van der Waals surface area contributed by atoms with Gasteiger partial charge in [0.05, 0.1) is 0 Å². The van der Waals surface area contributed by atoms with Crippen molar-refractivity contribution in [3.8, 4) is 0 Å². The largest absolute Gasteiger partial charge is 0.0616 e. The van der Waals surface area contributed by atoms with E-state index in [1.807, 2.05) is 0 Å². The third-order valence-corrected chi connectivity index (χ3v) is 5.84. The molecule has 0 aliphatic carbocycles. The predicted molar refractivity (Wildman–Crippen MR) is 134 cm³/mol. The molecular weight excluding hydrogens is 360 g/mol. The third kappa shape index (κ3) is 3.96. The molecule has 0 aliphatic heterocycles. The fourth-order valence-electron chi connectivity index (χ4n) is 4.42. The molecular formula is C30H30. The van der Waals surface area contributed by atoms with Crippen LogP contribution in [0.2, 0.25) is 0 Å². The fourth-order valence-corrected chi connectivity index (χ4v) is 4.42. The Labute approximate surface area is 180 Å². The summed E-state index contributed by atoms with van der Waals surface area (Å²) >= 11 is 0. The normalized spacial score (nSPS) is 11.3. The van der Waals surface area contributed by atoms with Crippen molar-refractivity contribution in [2.75, 3.05) is 0 Å². The second-order valence-corrected chi connectivity index (χ2v) is 8.61. The van der Waals surface area contributed by atoms with Crippen molar-refractivity contribution in [2.24, 2.45) is 0 Å². The van der Waals surface area contributed by atoms with Crippen molar-refractivity contribution in [3.63, 3.8) is 0 Å². The van der Waals surface area contributed by atoms with E-state index in [-0.39, 0.29) is 0 Å². The molecule has 0 radical (unpaired) electrons. The lowest BCUT2D eigenvalue weighted by molar-refractivity contribution is 0.876. The molecule has 5 aromatic rings. The minimum absolute atomic E-state index is 0.547. The van der Waals surface area contributed by atoms with Gasteiger partial charge in [-0.25, -0.2) is 0 Å². The van der Waals surface area contributed by atoms with Gasteiger partial charge in [0.1, 0.15) is 0 Å². The summed E-state index contributed by atoms with van der Waals surface area (Å²) in [7, 11) is 0. The van der Waals surface area contributed by atoms with Crippen LogP contribution in [0.4, 0.5) is 0 Å². The van der Waals surface area contributed by atoms with Crippen molar-refractivity contribution in [3.05, 3.63) is 108 Å². The van der Waals surface area contributed by atoms with E-state index in [1.54, 1.807) is 0 Å². The Morgan fingerprint density at radius 3 is 1.43 bits per heavy atom. The monoisotopic (exact) mass is 390 g/mol. The van der Waals surface area contributed by atoms with E-state index >= 15 is 0 Å². The standard InChI is InChI=1S/C17H16.C13H14/c1-12(2)17-15-9-5-3-7-13(15)11-14-8-4-6-10-16(14)17;1-10(2)12-9-5-7-11-6-3-4-8-13(11)12/h3-12H,1-2H3;3-10H,1-2H3. The number of hydrogen-bond acceptors (Lipinski definition) is 0. The zero-order valence-electron chi connectivity index (χ0n) is 18.4. The van der Waals surface area contributed by atoms with Crippen LogP contribution < -0.4 is 0 Å². The van der Waals surface area contributed by atoms with Gasteiger partial charge in [0, 0.05) is 0 Å². The topological polar surface area (TPSA) is 0 Å². The Bertz CT molecular complexity index is 1230. The molecule has 0 fully saturated rings. The van der Waals surface area contributed by atoms with Crippen molar-refractivity contribution in [2.45, 2.75) is 39.5 Å². The molecule has 0 aliphatic rings. The zero-order valence-corrected chi connectivity index (χ0v) is 18.4. The number of rotatable bonds is 2. The molecule has 30 heavy (non-hydrogen) atoms. The second-order valence-electron chi connectivity index (χ2n) is 8.61. The van der Waals surface area contributed by atoms with Gasteiger partial charge >= 0.3 is 0 Å². The molecule has 0 heteroatoms. The SMILES string of the molecule is CC(C)c1c2ccccc2cc2ccccc12.CC(C)c1cccc2ccccc12. The van der Waals surface area contributed by atoms with Gasteiger partial charge in [-0.3, -0.25) is 0 Å². The first-order chi connectivity index (χ1) is 14.6. The van der Waals surface area contributed by atoms with E-state index in [4.69, 9.17) is 0 Å². The van der Waals surface area contributed by atoms with Gasteiger partial charge < -0.3 is 0 Å². The number of benzene rings is 5. The molecule has 0 nitrogen and oxygen atoms in total. The van der Waals surface area contributed by atoms with Crippen LogP contribution in [0.1, 0.15) is 50.7 Å². The fraction of sp³-hybridized carbons (Fsp3) is 0.200. The number of hydrogen-bond donors (Lipinski definition) is 0. The van der Waals surface area contributed by atoms with Gasteiger partial charge in [-0.05, 0) is 61.3 Å². The lowest BCUT2D eigenvalue weighted by Gasteiger charge is -2.14. The highest BCUT2D eigenvalue weighted by atomic mass is 14.1. The first kappa shape index (κ1) is 20.2. The van der Waals surface area contributed by atoms with Crippen LogP contribution >= 0.6 is 0 Å². The summed E-state index contributed by atoms with van der Waals surface area (Å²) < 4.78 is 0. The Kier molecular flexibility index (Phi) is 5.86. The van der Waals surface area contributed by atoms with Crippen molar-refractivity contribution >= 4 is 32.3 Å². The molecule has 0 heterocycles. The van der Waals surface area contributed by atoms with E-state index in [0.29, 0.717) is 11.8 Å². The summed E-state index contributed by atoms with van der Waals surface area (Å²) in [6, 6.07) is 34.7. The third-order valence-electron chi connectivity index (χ3n) is 5.84. The minimum atomic E-state index is 0.547. The van der Waals surface area contributed by atoms with Gasteiger partial charge in [0.25, 0.3) is 0 Å². The average molecular weight is 391 g/mol. The van der Waals surface area contributed by atoms with E-state index in [0.717, 1.165) is 0 Å². The molecule has 0 aromatic heterocycles. The van der Waals surface area contributed by atoms with Gasteiger partial charge in [-0.2, -0.15) is 0 Å². The first-order valence-corrected chi connectivity index (χ1v) is 10.9. The van der Waals surface area contributed by atoms with E-state index in [1.165, 1.54) is 43.4 Å². The summed E-state index contributed by atoms with van der Waals surface area (Å²) in [5.74, 6) is 1.15. The lowest BCUT2D eigenvalue weighted by Crippen LogP contribution is -1.92. The van der Waals surface area contributed by atoms with Gasteiger partial charge in [-0.1, -0.05) is 119 Å². The molecule has 0 unspecified atom stereocenters. The van der Waals surface area contributed by atoms with Crippen LogP contribution in [0, 0.1) is 0 Å². The van der Waals surface area contributed by atoms with Crippen molar-refractivity contribution in [1.82, 2.24) is 0 Å². The predicted octanol–water partition coefficient (Wildman–Crippen LogP) is 9.08. The number of fused-ring (bicyclic) bond motifs is 3. The highest BCUT2D eigenvalue weighted by molar-refractivity contribution is 6.02. The second kappa shape index (κ2) is 8.71. The van der Waals surface area contributed by atoms with Crippen molar-refractivity contribution < 1.29 is 0 Å². The van der Waals surface area contributed by atoms with Crippen LogP contribution in [0.5, 0.6) is 0 Å². The molecule has 0 bridgehead atoms. The summed E-state index contributed by atoms with van der Waals surface area (Å²) in [5, 5.41) is 8.20.